The van der Waals surface area contributed by atoms with E-state index in [0.717, 1.165) is 31.2 Å². The Balaban J connectivity index is 1.72. The van der Waals surface area contributed by atoms with Crippen LogP contribution in [0.5, 0.6) is 11.5 Å². The van der Waals surface area contributed by atoms with Crippen molar-refractivity contribution in [3.8, 4) is 11.5 Å². The SMILES string of the molecule is COc1ccc(NC(N)=NCCCOCC2CC2)cc1OC. The highest BCUT2D eigenvalue weighted by Gasteiger charge is 2.20. The highest BCUT2D eigenvalue weighted by atomic mass is 16.5. The molecular weight excluding hydrogens is 282 g/mol. The van der Waals surface area contributed by atoms with Crippen molar-refractivity contribution in [2.75, 3.05) is 39.3 Å². The molecule has 1 aliphatic carbocycles. The fourth-order valence-corrected chi connectivity index (χ4v) is 2.00. The van der Waals surface area contributed by atoms with Crippen LogP contribution in [0.1, 0.15) is 19.3 Å². The molecule has 1 aromatic carbocycles. The van der Waals surface area contributed by atoms with Crippen LogP contribution in [-0.4, -0.2) is 39.9 Å². The molecule has 6 nitrogen and oxygen atoms in total. The molecule has 0 amide bonds. The summed E-state index contributed by atoms with van der Waals surface area (Å²) in [5.41, 5.74) is 6.68. The lowest BCUT2D eigenvalue weighted by Crippen LogP contribution is -2.23. The Bertz CT molecular complexity index is 501. The number of methoxy groups -OCH3 is 2. The molecule has 0 saturated heterocycles. The van der Waals surface area contributed by atoms with Crippen LogP contribution in [-0.2, 0) is 4.74 Å². The fraction of sp³-hybridized carbons (Fsp3) is 0.562. The molecule has 0 radical (unpaired) electrons. The number of hydrogen-bond donors (Lipinski definition) is 2. The predicted molar refractivity (Wildman–Crippen MR) is 87.8 cm³/mol. The van der Waals surface area contributed by atoms with E-state index in [2.05, 4.69) is 10.3 Å². The molecule has 1 aromatic rings. The molecule has 0 bridgehead atoms. The Morgan fingerprint density at radius 3 is 2.73 bits per heavy atom. The quantitative estimate of drug-likeness (QED) is 0.415. The lowest BCUT2D eigenvalue weighted by atomic mass is 10.3. The largest absolute Gasteiger partial charge is 0.493 e. The van der Waals surface area contributed by atoms with E-state index in [1.54, 1.807) is 14.2 Å². The van der Waals surface area contributed by atoms with Crippen LogP contribution in [0.15, 0.2) is 23.2 Å². The third-order valence-electron chi connectivity index (χ3n) is 3.44. The summed E-state index contributed by atoms with van der Waals surface area (Å²) in [5.74, 6) is 2.51. The normalized spacial score (nSPS) is 14.7. The van der Waals surface area contributed by atoms with Crippen molar-refractivity contribution < 1.29 is 14.2 Å². The molecule has 6 heteroatoms. The van der Waals surface area contributed by atoms with Crippen molar-refractivity contribution in [2.45, 2.75) is 19.3 Å². The average Bonchev–Trinajstić information content (AvgIpc) is 3.34. The van der Waals surface area contributed by atoms with Gasteiger partial charge in [0.15, 0.2) is 17.5 Å². The van der Waals surface area contributed by atoms with Crippen molar-refractivity contribution in [3.63, 3.8) is 0 Å². The lowest BCUT2D eigenvalue weighted by molar-refractivity contribution is 0.123. The second-order valence-corrected chi connectivity index (χ2v) is 5.33. The minimum Gasteiger partial charge on any atom is -0.493 e. The molecule has 0 aromatic heterocycles. The van der Waals surface area contributed by atoms with E-state index in [1.807, 2.05) is 18.2 Å². The minimum absolute atomic E-state index is 0.384. The Kier molecular flexibility index (Phi) is 6.33. The van der Waals surface area contributed by atoms with Gasteiger partial charge in [-0.2, -0.15) is 0 Å². The monoisotopic (exact) mass is 307 g/mol. The summed E-state index contributed by atoms with van der Waals surface area (Å²) in [6, 6.07) is 5.50. The third kappa shape index (κ3) is 5.44. The Morgan fingerprint density at radius 1 is 1.27 bits per heavy atom. The summed E-state index contributed by atoms with van der Waals surface area (Å²) < 4.78 is 16.0. The first-order chi connectivity index (χ1) is 10.7. The molecule has 1 saturated carbocycles. The number of rotatable bonds is 9. The van der Waals surface area contributed by atoms with Crippen LogP contribution in [0.25, 0.3) is 0 Å². The molecule has 122 valence electrons. The topological polar surface area (TPSA) is 78.1 Å². The van der Waals surface area contributed by atoms with Crippen LogP contribution >= 0.6 is 0 Å². The van der Waals surface area contributed by atoms with Gasteiger partial charge in [0.1, 0.15) is 0 Å². The fourth-order valence-electron chi connectivity index (χ4n) is 2.00. The number of aliphatic imine (C=N–C) groups is 1. The van der Waals surface area contributed by atoms with Gasteiger partial charge in [0.2, 0.25) is 0 Å². The van der Waals surface area contributed by atoms with E-state index in [1.165, 1.54) is 12.8 Å². The standard InChI is InChI=1S/C16H25N3O3/c1-20-14-7-6-13(10-15(14)21-2)19-16(17)18-8-3-9-22-11-12-4-5-12/h6-7,10,12H,3-5,8-9,11H2,1-2H3,(H3,17,18,19). The van der Waals surface area contributed by atoms with Crippen molar-refractivity contribution in [3.05, 3.63) is 18.2 Å². The number of nitrogens with one attached hydrogen (secondary N) is 1. The van der Waals surface area contributed by atoms with Gasteiger partial charge in [-0.05, 0) is 37.3 Å². The number of ether oxygens (including phenoxy) is 3. The van der Waals surface area contributed by atoms with Gasteiger partial charge in [0.05, 0.1) is 14.2 Å². The molecule has 1 fully saturated rings. The van der Waals surface area contributed by atoms with Crippen molar-refractivity contribution >= 4 is 11.6 Å². The lowest BCUT2D eigenvalue weighted by Gasteiger charge is -2.11. The number of benzene rings is 1. The van der Waals surface area contributed by atoms with Gasteiger partial charge >= 0.3 is 0 Å². The maximum atomic E-state index is 5.87. The van der Waals surface area contributed by atoms with Crippen LogP contribution < -0.4 is 20.5 Å². The van der Waals surface area contributed by atoms with E-state index < -0.39 is 0 Å². The van der Waals surface area contributed by atoms with Crippen LogP contribution in [0.3, 0.4) is 0 Å². The zero-order valence-corrected chi connectivity index (χ0v) is 13.3. The van der Waals surface area contributed by atoms with Gasteiger partial charge in [0.25, 0.3) is 0 Å². The predicted octanol–water partition coefficient (Wildman–Crippen LogP) is 2.25. The molecule has 0 heterocycles. The van der Waals surface area contributed by atoms with Gasteiger partial charge < -0.3 is 25.3 Å². The van der Waals surface area contributed by atoms with Crippen molar-refractivity contribution in [1.29, 1.82) is 0 Å². The summed E-state index contributed by atoms with van der Waals surface area (Å²) in [7, 11) is 3.20. The number of guanidine groups is 1. The summed E-state index contributed by atoms with van der Waals surface area (Å²) in [6.45, 7) is 2.28. The number of nitrogens with two attached hydrogens (primary N) is 1. The summed E-state index contributed by atoms with van der Waals surface area (Å²) in [6.07, 6.45) is 3.52. The van der Waals surface area contributed by atoms with Gasteiger partial charge in [0, 0.05) is 31.5 Å². The molecule has 0 spiro atoms. The third-order valence-corrected chi connectivity index (χ3v) is 3.44. The first-order valence-electron chi connectivity index (χ1n) is 7.59. The second-order valence-electron chi connectivity index (χ2n) is 5.33. The maximum Gasteiger partial charge on any atom is 0.193 e. The van der Waals surface area contributed by atoms with Gasteiger partial charge in [-0.15, -0.1) is 0 Å². The molecule has 1 aliphatic rings. The first-order valence-corrected chi connectivity index (χ1v) is 7.59. The zero-order chi connectivity index (χ0) is 15.8. The Labute approximate surface area is 131 Å². The summed E-state index contributed by atoms with van der Waals surface area (Å²) >= 11 is 0. The summed E-state index contributed by atoms with van der Waals surface area (Å²) in [5, 5.41) is 3.04. The molecule has 0 unspecified atom stereocenters. The number of nitrogens with zero attached hydrogens (tertiary/aromatic N) is 1. The number of hydrogen-bond acceptors (Lipinski definition) is 4. The highest BCUT2D eigenvalue weighted by Crippen LogP contribution is 2.29. The van der Waals surface area contributed by atoms with Gasteiger partial charge in [-0.25, -0.2) is 0 Å². The molecule has 22 heavy (non-hydrogen) atoms. The van der Waals surface area contributed by atoms with Crippen LogP contribution in [0, 0.1) is 5.92 Å². The minimum atomic E-state index is 0.384. The molecule has 2 rings (SSSR count). The van der Waals surface area contributed by atoms with Crippen molar-refractivity contribution in [2.24, 2.45) is 16.6 Å². The zero-order valence-electron chi connectivity index (χ0n) is 13.3. The summed E-state index contributed by atoms with van der Waals surface area (Å²) in [4.78, 5) is 4.28. The van der Waals surface area contributed by atoms with Crippen LogP contribution in [0.2, 0.25) is 0 Å². The van der Waals surface area contributed by atoms with E-state index in [0.29, 0.717) is 24.0 Å². The molecule has 0 atom stereocenters. The van der Waals surface area contributed by atoms with Crippen molar-refractivity contribution in [1.82, 2.24) is 0 Å². The second kappa shape index (κ2) is 8.48. The van der Waals surface area contributed by atoms with E-state index >= 15 is 0 Å². The Hall–Kier alpha value is -1.95. The smallest absolute Gasteiger partial charge is 0.193 e. The molecular formula is C16H25N3O3. The Morgan fingerprint density at radius 2 is 2.05 bits per heavy atom. The van der Waals surface area contributed by atoms with E-state index in [9.17, 15) is 0 Å². The number of anilines is 1. The molecule has 0 aliphatic heterocycles. The van der Waals surface area contributed by atoms with Gasteiger partial charge in [-0.1, -0.05) is 0 Å². The average molecular weight is 307 g/mol. The van der Waals surface area contributed by atoms with E-state index in [-0.39, 0.29) is 0 Å². The van der Waals surface area contributed by atoms with Gasteiger partial charge in [-0.3, -0.25) is 4.99 Å². The van der Waals surface area contributed by atoms with E-state index in [4.69, 9.17) is 19.9 Å². The highest BCUT2D eigenvalue weighted by molar-refractivity contribution is 5.92. The van der Waals surface area contributed by atoms with Crippen LogP contribution in [0.4, 0.5) is 5.69 Å². The maximum absolute atomic E-state index is 5.87. The molecule has 3 N–H and O–H groups in total. The first kappa shape index (κ1) is 16.4.